The smallest absolute Gasteiger partial charge is 0.125 e. The SMILES string of the molecule is Cc1cccc(C)c1OCCN(C)CC(C)(C)CN. The lowest BCUT2D eigenvalue weighted by Crippen LogP contribution is -2.38. The maximum atomic E-state index is 5.91. The Kier molecular flexibility index (Phi) is 5.83. The highest BCUT2D eigenvalue weighted by Gasteiger charge is 2.17. The fourth-order valence-electron chi connectivity index (χ4n) is 2.20. The number of para-hydroxylation sites is 1. The van der Waals surface area contributed by atoms with Crippen molar-refractivity contribution in [3.8, 4) is 5.75 Å². The predicted octanol–water partition coefficient (Wildman–Crippen LogP) is 2.60. The Morgan fingerprint density at radius 3 is 2.32 bits per heavy atom. The van der Waals surface area contributed by atoms with Crippen LogP contribution in [0.4, 0.5) is 0 Å². The molecule has 0 fully saturated rings. The molecule has 0 spiro atoms. The van der Waals surface area contributed by atoms with Crippen molar-refractivity contribution in [3.63, 3.8) is 0 Å². The van der Waals surface area contributed by atoms with E-state index >= 15 is 0 Å². The van der Waals surface area contributed by atoms with Gasteiger partial charge >= 0.3 is 0 Å². The molecule has 0 aliphatic rings. The molecule has 0 amide bonds. The second kappa shape index (κ2) is 6.92. The average molecular weight is 264 g/mol. The largest absolute Gasteiger partial charge is 0.492 e. The number of nitrogens with two attached hydrogens (primary N) is 1. The molecule has 0 unspecified atom stereocenters. The summed E-state index contributed by atoms with van der Waals surface area (Å²) in [4.78, 5) is 2.28. The lowest BCUT2D eigenvalue weighted by molar-refractivity contribution is 0.181. The van der Waals surface area contributed by atoms with Crippen molar-refractivity contribution in [2.75, 3.05) is 33.3 Å². The molecule has 19 heavy (non-hydrogen) atoms. The van der Waals surface area contributed by atoms with E-state index in [1.807, 2.05) is 0 Å². The summed E-state index contributed by atoms with van der Waals surface area (Å²) in [7, 11) is 2.12. The first kappa shape index (κ1) is 16.0. The van der Waals surface area contributed by atoms with Gasteiger partial charge in [-0.15, -0.1) is 0 Å². The average Bonchev–Trinajstić information content (AvgIpc) is 2.32. The highest BCUT2D eigenvalue weighted by atomic mass is 16.5. The van der Waals surface area contributed by atoms with E-state index in [-0.39, 0.29) is 5.41 Å². The molecule has 0 radical (unpaired) electrons. The molecule has 3 heteroatoms. The van der Waals surface area contributed by atoms with Crippen LogP contribution < -0.4 is 10.5 Å². The summed E-state index contributed by atoms with van der Waals surface area (Å²) in [6, 6.07) is 6.24. The van der Waals surface area contributed by atoms with Crippen molar-refractivity contribution in [1.29, 1.82) is 0 Å². The quantitative estimate of drug-likeness (QED) is 0.822. The van der Waals surface area contributed by atoms with Crippen molar-refractivity contribution in [1.82, 2.24) is 4.90 Å². The van der Waals surface area contributed by atoms with Crippen LogP contribution in [0.2, 0.25) is 0 Å². The number of ether oxygens (including phenoxy) is 1. The van der Waals surface area contributed by atoms with Gasteiger partial charge in [0.1, 0.15) is 12.4 Å². The lowest BCUT2D eigenvalue weighted by Gasteiger charge is -2.29. The Morgan fingerprint density at radius 1 is 1.21 bits per heavy atom. The summed E-state index contributed by atoms with van der Waals surface area (Å²) in [6.07, 6.45) is 0. The van der Waals surface area contributed by atoms with Gasteiger partial charge in [0.25, 0.3) is 0 Å². The van der Waals surface area contributed by atoms with E-state index < -0.39 is 0 Å². The summed E-state index contributed by atoms with van der Waals surface area (Å²) in [5.74, 6) is 1.02. The van der Waals surface area contributed by atoms with Gasteiger partial charge in [-0.25, -0.2) is 0 Å². The molecule has 0 bridgehead atoms. The summed E-state index contributed by atoms with van der Waals surface area (Å²) >= 11 is 0. The zero-order valence-corrected chi connectivity index (χ0v) is 13.0. The molecule has 3 nitrogen and oxygen atoms in total. The standard InChI is InChI=1S/C16H28N2O/c1-13-7-6-8-14(2)15(13)19-10-9-18(5)12-16(3,4)11-17/h6-8H,9-12,17H2,1-5H3. The molecule has 1 aromatic rings. The minimum absolute atomic E-state index is 0.160. The van der Waals surface area contributed by atoms with E-state index in [2.05, 4.69) is 57.8 Å². The second-order valence-corrected chi connectivity index (χ2v) is 6.18. The third-order valence-electron chi connectivity index (χ3n) is 3.38. The van der Waals surface area contributed by atoms with E-state index in [1.165, 1.54) is 11.1 Å². The zero-order valence-electron chi connectivity index (χ0n) is 13.0. The predicted molar refractivity (Wildman–Crippen MR) is 81.7 cm³/mol. The molecule has 0 heterocycles. The molecule has 108 valence electrons. The van der Waals surface area contributed by atoms with Gasteiger partial charge in [0.2, 0.25) is 0 Å². The molecule has 1 aromatic carbocycles. The first-order chi connectivity index (χ1) is 8.85. The Balaban J connectivity index is 2.42. The summed E-state index contributed by atoms with van der Waals surface area (Å²) < 4.78 is 5.91. The topological polar surface area (TPSA) is 38.5 Å². The molecular weight excluding hydrogens is 236 g/mol. The molecule has 0 saturated heterocycles. The third kappa shape index (κ3) is 5.21. The van der Waals surface area contributed by atoms with Gasteiger partial charge in [-0.2, -0.15) is 0 Å². The van der Waals surface area contributed by atoms with E-state index in [1.54, 1.807) is 0 Å². The normalized spacial score (nSPS) is 11.9. The lowest BCUT2D eigenvalue weighted by atomic mass is 9.93. The minimum Gasteiger partial charge on any atom is -0.492 e. The number of nitrogens with zero attached hydrogens (tertiary/aromatic N) is 1. The van der Waals surface area contributed by atoms with Crippen LogP contribution in [0.15, 0.2) is 18.2 Å². The van der Waals surface area contributed by atoms with E-state index in [4.69, 9.17) is 10.5 Å². The molecule has 0 aromatic heterocycles. The van der Waals surface area contributed by atoms with Gasteiger partial charge in [0.05, 0.1) is 0 Å². The van der Waals surface area contributed by atoms with Crippen molar-refractivity contribution in [2.45, 2.75) is 27.7 Å². The monoisotopic (exact) mass is 264 g/mol. The summed E-state index contributed by atoms with van der Waals surface area (Å²) in [6.45, 7) is 11.9. The van der Waals surface area contributed by atoms with Crippen LogP contribution in [-0.2, 0) is 0 Å². The van der Waals surface area contributed by atoms with Crippen LogP contribution in [0.3, 0.4) is 0 Å². The maximum Gasteiger partial charge on any atom is 0.125 e. The highest BCUT2D eigenvalue weighted by molar-refractivity contribution is 5.39. The molecule has 0 saturated carbocycles. The third-order valence-corrected chi connectivity index (χ3v) is 3.38. The Labute approximate surface area is 117 Å². The molecule has 0 atom stereocenters. The van der Waals surface area contributed by atoms with Gasteiger partial charge in [-0.05, 0) is 44.0 Å². The van der Waals surface area contributed by atoms with E-state index in [0.29, 0.717) is 13.2 Å². The number of rotatable bonds is 7. The van der Waals surface area contributed by atoms with Gasteiger partial charge < -0.3 is 15.4 Å². The van der Waals surface area contributed by atoms with Crippen LogP contribution >= 0.6 is 0 Å². The van der Waals surface area contributed by atoms with E-state index in [9.17, 15) is 0 Å². The molecule has 2 N–H and O–H groups in total. The number of hydrogen-bond donors (Lipinski definition) is 1. The van der Waals surface area contributed by atoms with Crippen LogP contribution in [0.1, 0.15) is 25.0 Å². The summed E-state index contributed by atoms with van der Waals surface area (Å²) in [5, 5.41) is 0. The van der Waals surface area contributed by atoms with Gasteiger partial charge in [0, 0.05) is 13.1 Å². The first-order valence-corrected chi connectivity index (χ1v) is 6.93. The molecular formula is C16H28N2O. The Hall–Kier alpha value is -1.06. The fraction of sp³-hybridized carbons (Fsp3) is 0.625. The molecule has 0 aliphatic carbocycles. The Morgan fingerprint density at radius 2 is 1.79 bits per heavy atom. The van der Waals surface area contributed by atoms with Crippen LogP contribution in [0.5, 0.6) is 5.75 Å². The van der Waals surface area contributed by atoms with Crippen molar-refractivity contribution < 1.29 is 4.74 Å². The van der Waals surface area contributed by atoms with Crippen LogP contribution in [0.25, 0.3) is 0 Å². The van der Waals surface area contributed by atoms with Crippen LogP contribution in [-0.4, -0.2) is 38.2 Å². The zero-order chi connectivity index (χ0) is 14.5. The van der Waals surface area contributed by atoms with E-state index in [0.717, 1.165) is 18.8 Å². The molecule has 0 aliphatic heterocycles. The van der Waals surface area contributed by atoms with Gasteiger partial charge in [-0.3, -0.25) is 0 Å². The second-order valence-electron chi connectivity index (χ2n) is 6.18. The van der Waals surface area contributed by atoms with Crippen molar-refractivity contribution in [2.24, 2.45) is 11.1 Å². The number of benzene rings is 1. The maximum absolute atomic E-state index is 5.91. The Bertz CT molecular complexity index is 381. The molecule has 1 rings (SSSR count). The van der Waals surface area contributed by atoms with Gasteiger partial charge in [0.15, 0.2) is 0 Å². The minimum atomic E-state index is 0.160. The number of likely N-dealkylation sites (N-methyl/N-ethyl adjacent to an activating group) is 1. The van der Waals surface area contributed by atoms with Crippen LogP contribution in [0, 0.1) is 19.3 Å². The number of hydrogen-bond acceptors (Lipinski definition) is 3. The van der Waals surface area contributed by atoms with Crippen molar-refractivity contribution in [3.05, 3.63) is 29.3 Å². The summed E-state index contributed by atoms with van der Waals surface area (Å²) in [5.41, 5.74) is 8.31. The highest BCUT2D eigenvalue weighted by Crippen LogP contribution is 2.22. The van der Waals surface area contributed by atoms with Crippen molar-refractivity contribution >= 4 is 0 Å². The first-order valence-electron chi connectivity index (χ1n) is 6.93. The van der Waals surface area contributed by atoms with Gasteiger partial charge in [-0.1, -0.05) is 32.0 Å². The fourth-order valence-corrected chi connectivity index (χ4v) is 2.20. The number of aryl methyl sites for hydroxylation is 2.